The van der Waals surface area contributed by atoms with Crippen LogP contribution in [-0.4, -0.2) is 13.9 Å². The lowest BCUT2D eigenvalue weighted by molar-refractivity contribution is -0.0500. The number of rotatable bonds is 6. The third-order valence-corrected chi connectivity index (χ3v) is 3.47. The number of aryl methyl sites for hydroxylation is 1. The molecule has 0 heterocycles. The summed E-state index contributed by atoms with van der Waals surface area (Å²) < 4.78 is 62.8. The van der Waals surface area contributed by atoms with Crippen LogP contribution in [-0.2, 0) is 16.5 Å². The quantitative estimate of drug-likeness (QED) is 0.457. The molecule has 0 amide bonds. The molecule has 0 aliphatic carbocycles. The average molecular weight is 296 g/mol. The highest BCUT2D eigenvalue weighted by Crippen LogP contribution is 2.29. The number of hydrogen-bond acceptors (Lipinski definition) is 3. The van der Waals surface area contributed by atoms with E-state index in [0.717, 1.165) is 19.3 Å². The van der Waals surface area contributed by atoms with Gasteiger partial charge in [-0.2, -0.15) is 21.6 Å². The van der Waals surface area contributed by atoms with Crippen molar-refractivity contribution in [1.29, 1.82) is 0 Å². The lowest BCUT2D eigenvalue weighted by atomic mass is 10.1. The van der Waals surface area contributed by atoms with Gasteiger partial charge in [0.05, 0.1) is 0 Å². The maximum atomic E-state index is 12.2. The van der Waals surface area contributed by atoms with Crippen LogP contribution in [0.25, 0.3) is 0 Å². The van der Waals surface area contributed by atoms with E-state index in [1.165, 1.54) is 12.1 Å². The molecular formula is C12H15F3O3S. The van der Waals surface area contributed by atoms with Gasteiger partial charge in [0.25, 0.3) is 0 Å². The molecule has 0 aliphatic rings. The molecule has 1 rings (SSSR count). The van der Waals surface area contributed by atoms with Gasteiger partial charge in [0.1, 0.15) is 5.75 Å². The highest BCUT2D eigenvalue weighted by Gasteiger charge is 2.48. The summed E-state index contributed by atoms with van der Waals surface area (Å²) in [4.78, 5) is 0. The van der Waals surface area contributed by atoms with Crippen LogP contribution in [0.15, 0.2) is 24.3 Å². The molecule has 0 atom stereocenters. The smallest absolute Gasteiger partial charge is 0.376 e. The highest BCUT2D eigenvalue weighted by molar-refractivity contribution is 7.88. The molecule has 0 N–H and O–H groups in total. The third-order valence-electron chi connectivity index (χ3n) is 2.51. The van der Waals surface area contributed by atoms with Crippen molar-refractivity contribution in [2.24, 2.45) is 0 Å². The Morgan fingerprint density at radius 3 is 2.37 bits per heavy atom. The molecule has 19 heavy (non-hydrogen) atoms. The van der Waals surface area contributed by atoms with Gasteiger partial charge in [0, 0.05) is 0 Å². The summed E-state index contributed by atoms with van der Waals surface area (Å²) in [6, 6.07) is 5.86. The third kappa shape index (κ3) is 4.41. The van der Waals surface area contributed by atoms with Crippen molar-refractivity contribution in [3.8, 4) is 5.75 Å². The zero-order chi connectivity index (χ0) is 14.5. The largest absolute Gasteiger partial charge is 0.534 e. The number of halogens is 3. The zero-order valence-electron chi connectivity index (χ0n) is 10.4. The number of alkyl halides is 3. The van der Waals surface area contributed by atoms with Crippen LogP contribution in [0.4, 0.5) is 13.2 Å². The summed E-state index contributed by atoms with van der Waals surface area (Å²) in [6.07, 6.45) is 3.13. The van der Waals surface area contributed by atoms with E-state index in [9.17, 15) is 21.6 Å². The Hall–Kier alpha value is -1.24. The fraction of sp³-hybridized carbons (Fsp3) is 0.500. The Balaban J connectivity index is 2.90. The first-order chi connectivity index (χ1) is 8.78. The molecule has 1 aromatic carbocycles. The van der Waals surface area contributed by atoms with E-state index >= 15 is 0 Å². The van der Waals surface area contributed by atoms with E-state index in [-0.39, 0.29) is 5.75 Å². The molecule has 108 valence electrons. The van der Waals surface area contributed by atoms with Gasteiger partial charge in [0.2, 0.25) is 0 Å². The molecule has 0 unspecified atom stereocenters. The molecule has 0 saturated carbocycles. The van der Waals surface area contributed by atoms with Crippen molar-refractivity contribution in [3.63, 3.8) is 0 Å². The highest BCUT2D eigenvalue weighted by atomic mass is 32.2. The monoisotopic (exact) mass is 296 g/mol. The topological polar surface area (TPSA) is 43.4 Å². The first kappa shape index (κ1) is 15.8. The van der Waals surface area contributed by atoms with Gasteiger partial charge >= 0.3 is 15.6 Å². The van der Waals surface area contributed by atoms with Gasteiger partial charge in [-0.3, -0.25) is 0 Å². The first-order valence-corrected chi connectivity index (χ1v) is 7.27. The van der Waals surface area contributed by atoms with Crippen molar-refractivity contribution >= 4 is 10.1 Å². The van der Waals surface area contributed by atoms with Crippen LogP contribution >= 0.6 is 0 Å². The molecule has 1 aromatic rings. The second-order valence-corrected chi connectivity index (χ2v) is 5.59. The standard InChI is InChI=1S/C12H15F3O3S/c1-2-3-4-7-10-8-5-6-9-11(10)18-19(16,17)12(13,14)15/h5-6,8-9H,2-4,7H2,1H3. The molecule has 0 fully saturated rings. The van der Waals surface area contributed by atoms with Gasteiger partial charge in [-0.15, -0.1) is 0 Å². The van der Waals surface area contributed by atoms with Crippen LogP contribution in [0.5, 0.6) is 5.75 Å². The fourth-order valence-corrected chi connectivity index (χ4v) is 2.02. The Bertz CT molecular complexity index is 509. The van der Waals surface area contributed by atoms with E-state index in [1.807, 2.05) is 6.92 Å². The SMILES string of the molecule is CCCCCc1ccccc1OS(=O)(=O)C(F)(F)F. The molecule has 0 radical (unpaired) electrons. The molecule has 7 heteroatoms. The van der Waals surface area contributed by atoms with Gasteiger partial charge in [-0.1, -0.05) is 38.0 Å². The zero-order valence-corrected chi connectivity index (χ0v) is 11.2. The Kier molecular flexibility index (Phi) is 5.22. The Morgan fingerprint density at radius 1 is 1.16 bits per heavy atom. The molecule has 0 aliphatic heterocycles. The van der Waals surface area contributed by atoms with Crippen LogP contribution in [0, 0.1) is 0 Å². The summed E-state index contributed by atoms with van der Waals surface area (Å²) in [5.74, 6) is -0.254. The van der Waals surface area contributed by atoms with Crippen molar-refractivity contribution in [1.82, 2.24) is 0 Å². The molecule has 0 aromatic heterocycles. The predicted molar refractivity (Wildman–Crippen MR) is 65.3 cm³/mol. The van der Waals surface area contributed by atoms with Crippen LogP contribution < -0.4 is 4.18 Å². The number of para-hydroxylation sites is 1. The average Bonchev–Trinajstić information content (AvgIpc) is 2.30. The van der Waals surface area contributed by atoms with Crippen molar-refractivity contribution in [3.05, 3.63) is 29.8 Å². The van der Waals surface area contributed by atoms with E-state index < -0.39 is 15.6 Å². The number of unbranched alkanes of at least 4 members (excludes halogenated alkanes) is 2. The minimum Gasteiger partial charge on any atom is -0.376 e. The maximum Gasteiger partial charge on any atom is 0.534 e. The summed E-state index contributed by atoms with van der Waals surface area (Å²) in [5.41, 5.74) is -4.95. The minimum atomic E-state index is -5.60. The van der Waals surface area contributed by atoms with Gasteiger partial charge in [0.15, 0.2) is 0 Å². The van der Waals surface area contributed by atoms with Crippen molar-refractivity contribution in [2.45, 2.75) is 38.1 Å². The Labute approximate surface area is 110 Å². The van der Waals surface area contributed by atoms with Crippen molar-refractivity contribution < 1.29 is 25.8 Å². The first-order valence-electron chi connectivity index (χ1n) is 5.86. The number of hydrogen-bond donors (Lipinski definition) is 0. The fourth-order valence-electron chi connectivity index (χ4n) is 1.52. The summed E-state index contributed by atoms with van der Waals surface area (Å²) in [7, 11) is -5.60. The summed E-state index contributed by atoms with van der Waals surface area (Å²) in [6.45, 7) is 2.00. The summed E-state index contributed by atoms with van der Waals surface area (Å²) in [5, 5.41) is 0. The van der Waals surface area contributed by atoms with E-state index in [1.54, 1.807) is 12.1 Å². The number of benzene rings is 1. The lowest BCUT2D eigenvalue weighted by Crippen LogP contribution is -2.28. The lowest BCUT2D eigenvalue weighted by Gasteiger charge is -2.12. The maximum absolute atomic E-state index is 12.2. The normalized spacial score (nSPS) is 12.4. The van der Waals surface area contributed by atoms with Gasteiger partial charge in [-0.25, -0.2) is 0 Å². The van der Waals surface area contributed by atoms with E-state index in [0.29, 0.717) is 12.0 Å². The molecular weight excluding hydrogens is 281 g/mol. The van der Waals surface area contributed by atoms with Crippen LogP contribution in [0.1, 0.15) is 31.7 Å². The minimum absolute atomic E-state index is 0.254. The van der Waals surface area contributed by atoms with Crippen LogP contribution in [0.3, 0.4) is 0 Å². The van der Waals surface area contributed by atoms with E-state index in [2.05, 4.69) is 4.18 Å². The molecule has 3 nitrogen and oxygen atoms in total. The Morgan fingerprint density at radius 2 is 1.79 bits per heavy atom. The molecule has 0 saturated heterocycles. The van der Waals surface area contributed by atoms with Crippen LogP contribution in [0.2, 0.25) is 0 Å². The second kappa shape index (κ2) is 6.27. The molecule has 0 spiro atoms. The second-order valence-electron chi connectivity index (χ2n) is 4.05. The van der Waals surface area contributed by atoms with Gasteiger partial charge in [-0.05, 0) is 24.5 Å². The van der Waals surface area contributed by atoms with Crippen molar-refractivity contribution in [2.75, 3.05) is 0 Å². The molecule has 0 bridgehead atoms. The summed E-state index contributed by atoms with van der Waals surface area (Å²) >= 11 is 0. The van der Waals surface area contributed by atoms with E-state index in [4.69, 9.17) is 0 Å². The van der Waals surface area contributed by atoms with Gasteiger partial charge < -0.3 is 4.18 Å². The predicted octanol–water partition coefficient (Wildman–Crippen LogP) is 3.65.